The molecule has 0 aliphatic carbocycles. The van der Waals surface area contributed by atoms with Gasteiger partial charge < -0.3 is 15.8 Å². The fourth-order valence-corrected chi connectivity index (χ4v) is 1.43. The summed E-state index contributed by atoms with van der Waals surface area (Å²) in [5, 5.41) is 2.52. The van der Waals surface area contributed by atoms with Gasteiger partial charge in [-0.3, -0.25) is 4.79 Å². The highest BCUT2D eigenvalue weighted by molar-refractivity contribution is 5.92. The molecule has 1 aromatic rings. The van der Waals surface area contributed by atoms with Crippen molar-refractivity contribution < 1.29 is 22.7 Å². The number of hydrogen-bond acceptors (Lipinski definition) is 3. The van der Waals surface area contributed by atoms with Gasteiger partial charge in [0.25, 0.3) is 0 Å². The van der Waals surface area contributed by atoms with Gasteiger partial charge in [0, 0.05) is 12.5 Å². The molecular weight excluding hydrogens is 309 g/mol. The molecule has 0 spiro atoms. The van der Waals surface area contributed by atoms with Crippen LogP contribution in [0.2, 0.25) is 0 Å². The van der Waals surface area contributed by atoms with Crippen molar-refractivity contribution in [2.24, 2.45) is 5.73 Å². The maximum atomic E-state index is 12.1. The molecule has 21 heavy (non-hydrogen) atoms. The third-order valence-electron chi connectivity index (χ3n) is 2.38. The number of halogens is 4. The Hall–Kier alpha value is -1.47. The number of carbonyl (C=O) groups is 1. The van der Waals surface area contributed by atoms with Crippen molar-refractivity contribution in [3.8, 4) is 5.75 Å². The molecule has 1 atom stereocenters. The van der Waals surface area contributed by atoms with Gasteiger partial charge in [-0.1, -0.05) is 12.1 Å². The van der Waals surface area contributed by atoms with E-state index in [-0.39, 0.29) is 42.2 Å². The lowest BCUT2D eigenvalue weighted by molar-refractivity contribution is -0.153. The SMILES string of the molecule is CC(N)CCC(=O)Nc1ccccc1OCC(F)(F)F.Cl. The zero-order chi connectivity index (χ0) is 15.2. The Kier molecular flexibility index (Phi) is 8.12. The topological polar surface area (TPSA) is 64.4 Å². The minimum atomic E-state index is -4.42. The number of nitrogens with one attached hydrogen (secondary N) is 1. The molecule has 120 valence electrons. The second kappa shape index (κ2) is 8.74. The van der Waals surface area contributed by atoms with Crippen molar-refractivity contribution in [1.29, 1.82) is 0 Å². The van der Waals surface area contributed by atoms with Gasteiger partial charge in [0.2, 0.25) is 5.91 Å². The van der Waals surface area contributed by atoms with Crippen molar-refractivity contribution in [3.63, 3.8) is 0 Å². The lowest BCUT2D eigenvalue weighted by Crippen LogP contribution is -2.21. The third kappa shape index (κ3) is 8.41. The predicted octanol–water partition coefficient (Wildman–Crippen LogP) is 3.12. The van der Waals surface area contributed by atoms with Crippen LogP contribution in [-0.4, -0.2) is 24.7 Å². The smallest absolute Gasteiger partial charge is 0.422 e. The summed E-state index contributed by atoms with van der Waals surface area (Å²) >= 11 is 0. The molecule has 1 aromatic carbocycles. The van der Waals surface area contributed by atoms with E-state index in [1.807, 2.05) is 0 Å². The average Bonchev–Trinajstić information content (AvgIpc) is 2.34. The van der Waals surface area contributed by atoms with E-state index in [2.05, 4.69) is 10.1 Å². The number of amides is 1. The van der Waals surface area contributed by atoms with Crippen LogP contribution in [0.25, 0.3) is 0 Å². The Labute approximate surface area is 127 Å². The molecule has 0 saturated heterocycles. The van der Waals surface area contributed by atoms with Crippen LogP contribution in [0, 0.1) is 0 Å². The summed E-state index contributed by atoms with van der Waals surface area (Å²) in [5.41, 5.74) is 5.74. The molecule has 0 aliphatic heterocycles. The quantitative estimate of drug-likeness (QED) is 0.844. The van der Waals surface area contributed by atoms with Gasteiger partial charge in [0.05, 0.1) is 5.69 Å². The van der Waals surface area contributed by atoms with Crippen LogP contribution in [0.4, 0.5) is 18.9 Å². The number of anilines is 1. The van der Waals surface area contributed by atoms with Gasteiger partial charge in [-0.05, 0) is 25.5 Å². The Morgan fingerprint density at radius 3 is 2.57 bits per heavy atom. The van der Waals surface area contributed by atoms with Crippen LogP contribution >= 0.6 is 12.4 Å². The van der Waals surface area contributed by atoms with E-state index in [4.69, 9.17) is 5.73 Å². The third-order valence-corrected chi connectivity index (χ3v) is 2.38. The van der Waals surface area contributed by atoms with Crippen molar-refractivity contribution >= 4 is 24.0 Å². The Morgan fingerprint density at radius 2 is 2.00 bits per heavy atom. The van der Waals surface area contributed by atoms with E-state index < -0.39 is 12.8 Å². The number of benzene rings is 1. The van der Waals surface area contributed by atoms with E-state index in [1.54, 1.807) is 13.0 Å². The molecule has 4 nitrogen and oxygen atoms in total. The average molecular weight is 327 g/mol. The van der Waals surface area contributed by atoms with E-state index in [0.29, 0.717) is 6.42 Å². The minimum Gasteiger partial charge on any atom is -0.482 e. The van der Waals surface area contributed by atoms with Gasteiger partial charge >= 0.3 is 6.18 Å². The fraction of sp³-hybridized carbons (Fsp3) is 0.462. The number of alkyl halides is 3. The van der Waals surface area contributed by atoms with Crippen LogP contribution in [0.1, 0.15) is 19.8 Å². The van der Waals surface area contributed by atoms with E-state index in [0.717, 1.165) is 0 Å². The molecule has 0 heterocycles. The Morgan fingerprint density at radius 1 is 1.38 bits per heavy atom. The molecule has 0 saturated carbocycles. The summed E-state index contributed by atoms with van der Waals surface area (Å²) in [6.07, 6.45) is -3.73. The summed E-state index contributed by atoms with van der Waals surface area (Å²) in [6.45, 7) is 0.368. The highest BCUT2D eigenvalue weighted by atomic mass is 35.5. The van der Waals surface area contributed by atoms with Crippen LogP contribution in [0.15, 0.2) is 24.3 Å². The standard InChI is InChI=1S/C13H17F3N2O2.ClH/c1-9(17)6-7-12(19)18-10-4-2-3-5-11(10)20-8-13(14,15)16;/h2-5,9H,6-8,17H2,1H3,(H,18,19);1H. The fourth-order valence-electron chi connectivity index (χ4n) is 1.43. The number of hydrogen-bond donors (Lipinski definition) is 2. The van der Waals surface area contributed by atoms with Gasteiger partial charge in [-0.25, -0.2) is 0 Å². The number of ether oxygens (including phenoxy) is 1. The molecule has 0 aliphatic rings. The van der Waals surface area contributed by atoms with Gasteiger partial charge in [-0.2, -0.15) is 13.2 Å². The molecule has 0 bridgehead atoms. The van der Waals surface area contributed by atoms with E-state index in [1.165, 1.54) is 18.2 Å². The minimum absolute atomic E-state index is 0. The largest absolute Gasteiger partial charge is 0.482 e. The lowest BCUT2D eigenvalue weighted by atomic mass is 10.2. The van der Waals surface area contributed by atoms with E-state index in [9.17, 15) is 18.0 Å². The molecule has 0 aromatic heterocycles. The van der Waals surface area contributed by atoms with Crippen LogP contribution < -0.4 is 15.8 Å². The number of rotatable bonds is 6. The molecule has 0 fully saturated rings. The summed E-state index contributed by atoms with van der Waals surface area (Å²) < 4.78 is 41.0. The summed E-state index contributed by atoms with van der Waals surface area (Å²) in [6, 6.07) is 5.87. The van der Waals surface area contributed by atoms with Gasteiger partial charge in [0.15, 0.2) is 6.61 Å². The first-order valence-electron chi connectivity index (χ1n) is 6.12. The van der Waals surface area contributed by atoms with Gasteiger partial charge in [0.1, 0.15) is 5.75 Å². The molecule has 1 unspecified atom stereocenters. The van der Waals surface area contributed by atoms with Gasteiger partial charge in [-0.15, -0.1) is 12.4 Å². The first-order valence-corrected chi connectivity index (χ1v) is 6.12. The maximum Gasteiger partial charge on any atom is 0.422 e. The van der Waals surface area contributed by atoms with Crippen molar-refractivity contribution in [2.75, 3.05) is 11.9 Å². The number of nitrogens with two attached hydrogens (primary N) is 1. The zero-order valence-electron chi connectivity index (χ0n) is 11.4. The summed E-state index contributed by atoms with van der Waals surface area (Å²) in [7, 11) is 0. The molecular formula is C13H18ClF3N2O2. The van der Waals surface area contributed by atoms with E-state index >= 15 is 0 Å². The first kappa shape index (κ1) is 19.5. The molecule has 3 N–H and O–H groups in total. The summed E-state index contributed by atoms with van der Waals surface area (Å²) in [5.74, 6) is -0.329. The number of para-hydroxylation sites is 2. The van der Waals surface area contributed by atoms with Crippen LogP contribution in [0.3, 0.4) is 0 Å². The Balaban J connectivity index is 0.00000400. The zero-order valence-corrected chi connectivity index (χ0v) is 12.3. The number of carbonyl (C=O) groups excluding carboxylic acids is 1. The monoisotopic (exact) mass is 326 g/mol. The lowest BCUT2D eigenvalue weighted by Gasteiger charge is -2.14. The second-order valence-corrected chi connectivity index (χ2v) is 4.46. The highest BCUT2D eigenvalue weighted by Crippen LogP contribution is 2.26. The van der Waals surface area contributed by atoms with Crippen LogP contribution in [-0.2, 0) is 4.79 Å². The highest BCUT2D eigenvalue weighted by Gasteiger charge is 2.28. The normalized spacial score (nSPS) is 12.2. The molecule has 1 rings (SSSR count). The van der Waals surface area contributed by atoms with Crippen molar-refractivity contribution in [1.82, 2.24) is 0 Å². The first-order chi connectivity index (χ1) is 9.28. The second-order valence-electron chi connectivity index (χ2n) is 4.46. The van der Waals surface area contributed by atoms with Crippen molar-refractivity contribution in [3.05, 3.63) is 24.3 Å². The predicted molar refractivity (Wildman–Crippen MR) is 76.8 cm³/mol. The van der Waals surface area contributed by atoms with Crippen LogP contribution in [0.5, 0.6) is 5.75 Å². The maximum absolute atomic E-state index is 12.1. The summed E-state index contributed by atoms with van der Waals surface area (Å²) in [4.78, 5) is 11.6. The molecule has 0 radical (unpaired) electrons. The Bertz CT molecular complexity index is 453. The van der Waals surface area contributed by atoms with Crippen molar-refractivity contribution in [2.45, 2.75) is 32.0 Å². The molecule has 1 amide bonds. The molecule has 8 heteroatoms.